The highest BCUT2D eigenvalue weighted by molar-refractivity contribution is 4.93. The highest BCUT2D eigenvalue weighted by Gasteiger charge is 2.34. The van der Waals surface area contributed by atoms with Gasteiger partial charge in [0.15, 0.2) is 0 Å². The number of hydrogen-bond donors (Lipinski definition) is 2. The third-order valence-corrected chi connectivity index (χ3v) is 3.43. The molecule has 1 aliphatic rings. The molecular formula is C12H26N2O. The Bertz CT molecular complexity index is 206. The minimum atomic E-state index is -0.0696. The maximum absolute atomic E-state index is 5.80. The zero-order valence-corrected chi connectivity index (χ0v) is 10.6. The third kappa shape index (κ3) is 3.74. The fraction of sp³-hybridized carbons (Fsp3) is 1.00. The minimum absolute atomic E-state index is 0.0696. The number of nitrogens with one attached hydrogen (secondary N) is 1. The second-order valence-electron chi connectivity index (χ2n) is 5.95. The first-order valence-corrected chi connectivity index (χ1v) is 5.87. The van der Waals surface area contributed by atoms with Gasteiger partial charge in [-0.2, -0.15) is 0 Å². The molecule has 3 heteroatoms. The fourth-order valence-corrected chi connectivity index (χ4v) is 2.53. The zero-order chi connectivity index (χ0) is 11.5. The molecule has 0 bridgehead atoms. The van der Waals surface area contributed by atoms with E-state index in [1.165, 1.54) is 19.3 Å². The molecule has 0 aromatic heterocycles. The second-order valence-corrected chi connectivity index (χ2v) is 5.95. The second kappa shape index (κ2) is 4.81. The predicted molar refractivity (Wildman–Crippen MR) is 63.9 cm³/mol. The van der Waals surface area contributed by atoms with Crippen LogP contribution in [0.2, 0.25) is 0 Å². The Morgan fingerprint density at radius 1 is 1.53 bits per heavy atom. The first kappa shape index (κ1) is 12.9. The Kier molecular flexibility index (Phi) is 4.15. The van der Waals surface area contributed by atoms with Crippen molar-refractivity contribution in [3.8, 4) is 0 Å². The molecule has 1 aliphatic carbocycles. The summed E-state index contributed by atoms with van der Waals surface area (Å²) in [6.45, 7) is 8.12. The molecule has 0 heterocycles. The van der Waals surface area contributed by atoms with Crippen LogP contribution in [0.4, 0.5) is 0 Å². The van der Waals surface area contributed by atoms with Crippen LogP contribution in [0.15, 0.2) is 0 Å². The third-order valence-electron chi connectivity index (χ3n) is 3.43. The van der Waals surface area contributed by atoms with Gasteiger partial charge in [-0.1, -0.05) is 13.8 Å². The standard InChI is InChI=1S/C12H26N2O/c1-11(2)6-5-10(7-11)14-12(3,8-13)9-15-4/h10,14H,5-9,13H2,1-4H3. The summed E-state index contributed by atoms with van der Waals surface area (Å²) < 4.78 is 5.22. The zero-order valence-electron chi connectivity index (χ0n) is 10.6. The predicted octanol–water partition coefficient (Wildman–Crippen LogP) is 1.52. The van der Waals surface area contributed by atoms with E-state index in [2.05, 4.69) is 26.1 Å². The Morgan fingerprint density at radius 2 is 2.20 bits per heavy atom. The van der Waals surface area contributed by atoms with Gasteiger partial charge in [0.1, 0.15) is 0 Å². The molecule has 0 aliphatic heterocycles. The van der Waals surface area contributed by atoms with Gasteiger partial charge in [0.25, 0.3) is 0 Å². The molecule has 0 spiro atoms. The van der Waals surface area contributed by atoms with Crippen molar-refractivity contribution >= 4 is 0 Å². The molecule has 15 heavy (non-hydrogen) atoms. The highest BCUT2D eigenvalue weighted by Crippen LogP contribution is 2.37. The number of rotatable bonds is 5. The summed E-state index contributed by atoms with van der Waals surface area (Å²) in [6, 6.07) is 0.601. The molecule has 3 nitrogen and oxygen atoms in total. The maximum Gasteiger partial charge on any atom is 0.0654 e. The highest BCUT2D eigenvalue weighted by atomic mass is 16.5. The minimum Gasteiger partial charge on any atom is -0.383 e. The van der Waals surface area contributed by atoms with Crippen molar-refractivity contribution in [3.63, 3.8) is 0 Å². The lowest BCUT2D eigenvalue weighted by atomic mass is 9.91. The SMILES string of the molecule is COCC(C)(CN)NC1CCC(C)(C)C1. The average Bonchev–Trinajstić information content (AvgIpc) is 2.46. The summed E-state index contributed by atoms with van der Waals surface area (Å²) in [5, 5.41) is 3.65. The van der Waals surface area contributed by atoms with Gasteiger partial charge in [0.2, 0.25) is 0 Å². The Hall–Kier alpha value is -0.120. The summed E-state index contributed by atoms with van der Waals surface area (Å²) in [5.41, 5.74) is 6.21. The van der Waals surface area contributed by atoms with Crippen LogP contribution >= 0.6 is 0 Å². The van der Waals surface area contributed by atoms with E-state index >= 15 is 0 Å². The largest absolute Gasteiger partial charge is 0.383 e. The van der Waals surface area contributed by atoms with Crippen LogP contribution in [0, 0.1) is 5.41 Å². The van der Waals surface area contributed by atoms with Crippen molar-refractivity contribution < 1.29 is 4.74 Å². The van der Waals surface area contributed by atoms with Crippen molar-refractivity contribution in [1.29, 1.82) is 0 Å². The van der Waals surface area contributed by atoms with Gasteiger partial charge in [-0.3, -0.25) is 0 Å². The molecule has 0 aromatic carbocycles. The lowest BCUT2D eigenvalue weighted by Gasteiger charge is -2.32. The maximum atomic E-state index is 5.80. The van der Waals surface area contributed by atoms with Gasteiger partial charge in [0, 0.05) is 19.7 Å². The van der Waals surface area contributed by atoms with E-state index < -0.39 is 0 Å². The van der Waals surface area contributed by atoms with Crippen LogP contribution in [0.5, 0.6) is 0 Å². The van der Waals surface area contributed by atoms with E-state index in [1.807, 2.05) is 0 Å². The lowest BCUT2D eigenvalue weighted by Crippen LogP contribution is -2.55. The van der Waals surface area contributed by atoms with Crippen LogP contribution < -0.4 is 11.1 Å². The van der Waals surface area contributed by atoms with E-state index in [9.17, 15) is 0 Å². The smallest absolute Gasteiger partial charge is 0.0654 e. The average molecular weight is 214 g/mol. The van der Waals surface area contributed by atoms with Gasteiger partial charge in [0.05, 0.1) is 12.1 Å². The van der Waals surface area contributed by atoms with Crippen molar-refractivity contribution in [2.24, 2.45) is 11.1 Å². The van der Waals surface area contributed by atoms with E-state index in [-0.39, 0.29) is 5.54 Å². The van der Waals surface area contributed by atoms with Gasteiger partial charge in [-0.05, 0) is 31.6 Å². The van der Waals surface area contributed by atoms with Crippen LogP contribution in [-0.4, -0.2) is 31.8 Å². The first-order chi connectivity index (χ1) is 6.91. The fourth-order valence-electron chi connectivity index (χ4n) is 2.53. The summed E-state index contributed by atoms with van der Waals surface area (Å²) in [7, 11) is 1.73. The Labute approximate surface area is 93.8 Å². The number of nitrogens with two attached hydrogens (primary N) is 1. The number of methoxy groups -OCH3 is 1. The van der Waals surface area contributed by atoms with Crippen LogP contribution in [0.3, 0.4) is 0 Å². The molecule has 2 unspecified atom stereocenters. The quantitative estimate of drug-likeness (QED) is 0.729. The van der Waals surface area contributed by atoms with E-state index in [0.717, 1.165) is 0 Å². The first-order valence-electron chi connectivity index (χ1n) is 5.87. The molecule has 3 N–H and O–H groups in total. The Morgan fingerprint density at radius 3 is 2.60 bits per heavy atom. The summed E-state index contributed by atoms with van der Waals surface area (Å²) in [5.74, 6) is 0. The molecule has 1 rings (SSSR count). The normalized spacial score (nSPS) is 29.0. The molecular weight excluding hydrogens is 188 g/mol. The molecule has 0 aromatic rings. The van der Waals surface area contributed by atoms with Crippen molar-refractivity contribution in [1.82, 2.24) is 5.32 Å². The van der Waals surface area contributed by atoms with Crippen molar-refractivity contribution in [2.45, 2.75) is 51.6 Å². The molecule has 0 radical (unpaired) electrons. The summed E-state index contributed by atoms with van der Waals surface area (Å²) in [6.07, 6.45) is 3.80. The topological polar surface area (TPSA) is 47.3 Å². The molecule has 90 valence electrons. The van der Waals surface area contributed by atoms with Crippen molar-refractivity contribution in [3.05, 3.63) is 0 Å². The van der Waals surface area contributed by atoms with E-state index in [0.29, 0.717) is 24.6 Å². The summed E-state index contributed by atoms with van der Waals surface area (Å²) in [4.78, 5) is 0. The van der Waals surface area contributed by atoms with Crippen LogP contribution in [-0.2, 0) is 4.74 Å². The molecule has 1 saturated carbocycles. The van der Waals surface area contributed by atoms with E-state index in [4.69, 9.17) is 10.5 Å². The monoisotopic (exact) mass is 214 g/mol. The number of hydrogen-bond acceptors (Lipinski definition) is 3. The van der Waals surface area contributed by atoms with E-state index in [1.54, 1.807) is 7.11 Å². The Balaban J connectivity index is 2.46. The van der Waals surface area contributed by atoms with Crippen LogP contribution in [0.25, 0.3) is 0 Å². The molecule has 0 amide bonds. The molecule has 1 fully saturated rings. The van der Waals surface area contributed by atoms with Gasteiger partial charge >= 0.3 is 0 Å². The summed E-state index contributed by atoms with van der Waals surface area (Å²) >= 11 is 0. The molecule has 2 atom stereocenters. The van der Waals surface area contributed by atoms with Gasteiger partial charge < -0.3 is 15.8 Å². The number of ether oxygens (including phenoxy) is 1. The van der Waals surface area contributed by atoms with Crippen molar-refractivity contribution in [2.75, 3.05) is 20.3 Å². The van der Waals surface area contributed by atoms with Crippen LogP contribution in [0.1, 0.15) is 40.0 Å². The molecule has 0 saturated heterocycles. The van der Waals surface area contributed by atoms with Gasteiger partial charge in [-0.15, -0.1) is 0 Å². The van der Waals surface area contributed by atoms with Gasteiger partial charge in [-0.25, -0.2) is 0 Å². The lowest BCUT2D eigenvalue weighted by molar-refractivity contribution is 0.114.